The number of carbonyl (C=O) groups is 1. The molecule has 7 nitrogen and oxygen atoms in total. The summed E-state index contributed by atoms with van der Waals surface area (Å²) < 4.78 is 1.65. The van der Waals surface area contributed by atoms with Gasteiger partial charge in [0.15, 0.2) is 5.82 Å². The lowest BCUT2D eigenvalue weighted by Crippen LogP contribution is -2.36. The first-order valence-corrected chi connectivity index (χ1v) is 14.1. The minimum atomic E-state index is -0.505. The zero-order valence-electron chi connectivity index (χ0n) is 21.0. The van der Waals surface area contributed by atoms with Gasteiger partial charge in [-0.3, -0.25) is 14.2 Å². The first-order valence-electron chi connectivity index (χ1n) is 13.3. The Bertz CT molecular complexity index is 1570. The summed E-state index contributed by atoms with van der Waals surface area (Å²) in [6.45, 7) is 2.30. The van der Waals surface area contributed by atoms with Gasteiger partial charge in [0.05, 0.1) is 12.6 Å². The number of anilines is 1. The van der Waals surface area contributed by atoms with E-state index in [9.17, 15) is 9.59 Å². The Hall–Kier alpha value is -3.75. The molecule has 1 aliphatic carbocycles. The number of carbonyl (C=O) groups excluding carboxylic acids is 1. The zero-order chi connectivity index (χ0) is 25.6. The van der Waals surface area contributed by atoms with Crippen LogP contribution >= 0.6 is 11.3 Å². The molecule has 3 aliphatic rings. The second-order valence-corrected chi connectivity index (χ2v) is 11.5. The number of aryl methyl sites for hydroxylation is 2. The van der Waals surface area contributed by atoms with Crippen LogP contribution < -0.4 is 21.5 Å². The van der Waals surface area contributed by atoms with Gasteiger partial charge in [-0.15, -0.1) is 11.3 Å². The lowest BCUT2D eigenvalue weighted by Gasteiger charge is -2.18. The molecule has 2 atom stereocenters. The van der Waals surface area contributed by atoms with Crippen LogP contribution in [0, 0.1) is 0 Å². The van der Waals surface area contributed by atoms with Crippen LogP contribution in [0.2, 0.25) is 0 Å². The number of aromatic nitrogens is 2. The third-order valence-electron chi connectivity index (χ3n) is 7.99. The molecule has 0 saturated carbocycles. The molecule has 4 heterocycles. The summed E-state index contributed by atoms with van der Waals surface area (Å²) >= 11 is 1.74. The summed E-state index contributed by atoms with van der Waals surface area (Å²) in [6.07, 6.45) is 4.91. The molecule has 7 rings (SSSR count). The van der Waals surface area contributed by atoms with Crippen LogP contribution in [0.15, 0.2) is 65.6 Å². The molecule has 2 aliphatic heterocycles. The number of fused-ring (bicyclic) bond motifs is 3. The number of nitrogens with zero attached hydrogens (tertiary/aromatic N) is 2. The van der Waals surface area contributed by atoms with Crippen molar-refractivity contribution in [2.45, 2.75) is 57.4 Å². The van der Waals surface area contributed by atoms with Gasteiger partial charge in [-0.2, -0.15) is 0 Å². The molecule has 3 N–H and O–H groups in total. The largest absolute Gasteiger partial charge is 0.359 e. The van der Waals surface area contributed by atoms with E-state index in [4.69, 9.17) is 0 Å². The van der Waals surface area contributed by atoms with E-state index in [0.717, 1.165) is 36.5 Å². The van der Waals surface area contributed by atoms with Crippen LogP contribution in [0.1, 0.15) is 57.1 Å². The molecule has 8 heteroatoms. The van der Waals surface area contributed by atoms with Gasteiger partial charge in [0.2, 0.25) is 5.91 Å². The number of nitrogens with one attached hydrogen (secondary N) is 3. The molecule has 0 bridgehead atoms. The van der Waals surface area contributed by atoms with Crippen LogP contribution in [-0.2, 0) is 37.3 Å². The highest BCUT2D eigenvalue weighted by Crippen LogP contribution is 2.36. The van der Waals surface area contributed by atoms with E-state index in [1.165, 1.54) is 32.7 Å². The van der Waals surface area contributed by atoms with Crippen molar-refractivity contribution in [2.75, 3.05) is 5.32 Å². The van der Waals surface area contributed by atoms with Crippen molar-refractivity contribution in [3.05, 3.63) is 103 Å². The van der Waals surface area contributed by atoms with Crippen LogP contribution in [0.25, 0.3) is 11.1 Å². The maximum atomic E-state index is 13.6. The third-order valence-corrected chi connectivity index (χ3v) is 9.17. The van der Waals surface area contributed by atoms with Crippen molar-refractivity contribution >= 4 is 23.1 Å². The predicted molar refractivity (Wildman–Crippen MR) is 149 cm³/mol. The van der Waals surface area contributed by atoms with Gasteiger partial charge in [-0.25, -0.2) is 4.98 Å². The fraction of sp³-hybridized carbons (Fsp3) is 0.300. The highest BCUT2D eigenvalue weighted by atomic mass is 32.1. The SMILES string of the molecule is O=C(NCc1cc2c(s1)CNC2)C1CCc2cnc(N[C@H]3CCc4ccc(-c5ccccc5)cc43)c(=O)n21. The average Bonchev–Trinajstić information content (AvgIpc) is 3.73. The van der Waals surface area contributed by atoms with E-state index in [0.29, 0.717) is 25.2 Å². The Labute approximate surface area is 224 Å². The van der Waals surface area contributed by atoms with Crippen molar-refractivity contribution in [3.8, 4) is 11.1 Å². The standard InChI is InChI=1S/C30H29N5O2S/c36-29(33-16-23-12-21-14-31-17-27(21)38-23)26-11-9-22-15-32-28(30(37)35(22)26)34-25-10-8-19-6-7-20(13-24(19)25)18-4-2-1-3-5-18/h1-7,12-13,15,25-26,31H,8-11,14,16-17H2,(H,32,34)(H,33,36)/t25-,26?/m0/s1. The van der Waals surface area contributed by atoms with Gasteiger partial charge in [0.1, 0.15) is 6.04 Å². The monoisotopic (exact) mass is 523 g/mol. The summed E-state index contributed by atoms with van der Waals surface area (Å²) in [5, 5.41) is 9.85. The molecule has 1 unspecified atom stereocenters. The Morgan fingerprint density at radius 1 is 1.03 bits per heavy atom. The minimum absolute atomic E-state index is 0.0106. The molecule has 1 amide bonds. The van der Waals surface area contributed by atoms with Crippen LogP contribution in [-0.4, -0.2) is 15.5 Å². The van der Waals surface area contributed by atoms with Gasteiger partial charge in [0, 0.05) is 34.7 Å². The molecule has 38 heavy (non-hydrogen) atoms. The van der Waals surface area contributed by atoms with Crippen molar-refractivity contribution in [1.29, 1.82) is 0 Å². The number of thiophene rings is 1. The first-order chi connectivity index (χ1) is 18.6. The van der Waals surface area contributed by atoms with Gasteiger partial charge in [0.25, 0.3) is 5.56 Å². The quantitative estimate of drug-likeness (QED) is 0.347. The second kappa shape index (κ2) is 9.53. The zero-order valence-corrected chi connectivity index (χ0v) is 21.8. The summed E-state index contributed by atoms with van der Waals surface area (Å²) in [6, 6.07) is 18.6. The van der Waals surface area contributed by atoms with Crippen molar-refractivity contribution in [1.82, 2.24) is 20.2 Å². The van der Waals surface area contributed by atoms with E-state index in [1.807, 2.05) is 18.2 Å². The smallest absolute Gasteiger partial charge is 0.294 e. The number of rotatable bonds is 6. The molecule has 192 valence electrons. The normalized spacial score (nSPS) is 19.2. The first kappa shape index (κ1) is 23.4. The summed E-state index contributed by atoms with van der Waals surface area (Å²) in [5.41, 5.74) is 6.79. The van der Waals surface area contributed by atoms with E-state index < -0.39 is 6.04 Å². The number of hydrogen-bond donors (Lipinski definition) is 3. The summed E-state index contributed by atoms with van der Waals surface area (Å²) in [4.78, 5) is 33.8. The van der Waals surface area contributed by atoms with E-state index in [2.05, 4.69) is 57.3 Å². The number of benzene rings is 2. The molecular weight excluding hydrogens is 494 g/mol. The molecule has 0 saturated heterocycles. The second-order valence-electron chi connectivity index (χ2n) is 10.3. The highest BCUT2D eigenvalue weighted by molar-refractivity contribution is 7.12. The van der Waals surface area contributed by atoms with Crippen molar-refractivity contribution in [2.24, 2.45) is 0 Å². The van der Waals surface area contributed by atoms with E-state index in [1.54, 1.807) is 22.1 Å². The Morgan fingerprint density at radius 3 is 2.79 bits per heavy atom. The van der Waals surface area contributed by atoms with Gasteiger partial charge < -0.3 is 16.0 Å². The molecule has 2 aromatic carbocycles. The van der Waals surface area contributed by atoms with Crippen LogP contribution in [0.3, 0.4) is 0 Å². The predicted octanol–water partition coefficient (Wildman–Crippen LogP) is 4.48. The van der Waals surface area contributed by atoms with E-state index in [-0.39, 0.29) is 17.5 Å². The Balaban J connectivity index is 1.10. The summed E-state index contributed by atoms with van der Waals surface area (Å²) in [7, 11) is 0. The topological polar surface area (TPSA) is 88.1 Å². The lowest BCUT2D eigenvalue weighted by atomic mass is 9.99. The van der Waals surface area contributed by atoms with Gasteiger partial charge in [-0.05, 0) is 65.6 Å². The average molecular weight is 524 g/mol. The lowest BCUT2D eigenvalue weighted by molar-refractivity contribution is -0.124. The number of amides is 1. The molecule has 0 fully saturated rings. The fourth-order valence-electron chi connectivity index (χ4n) is 6.03. The maximum absolute atomic E-state index is 13.6. The number of hydrogen-bond acceptors (Lipinski definition) is 6. The van der Waals surface area contributed by atoms with Gasteiger partial charge >= 0.3 is 0 Å². The Morgan fingerprint density at radius 2 is 1.92 bits per heavy atom. The molecule has 4 aromatic rings. The summed E-state index contributed by atoms with van der Waals surface area (Å²) in [5.74, 6) is 0.215. The van der Waals surface area contributed by atoms with Crippen molar-refractivity contribution < 1.29 is 4.79 Å². The highest BCUT2D eigenvalue weighted by Gasteiger charge is 2.32. The van der Waals surface area contributed by atoms with Crippen LogP contribution in [0.4, 0.5) is 5.82 Å². The van der Waals surface area contributed by atoms with Gasteiger partial charge in [-0.1, -0.05) is 42.5 Å². The van der Waals surface area contributed by atoms with E-state index >= 15 is 0 Å². The molecule has 0 radical (unpaired) electrons. The molecule has 2 aromatic heterocycles. The fourth-order valence-corrected chi connectivity index (χ4v) is 7.13. The molecule has 0 spiro atoms. The molecular formula is C30H29N5O2S. The third kappa shape index (κ3) is 4.14. The Kier molecular flexibility index (Phi) is 5.86. The van der Waals surface area contributed by atoms with Crippen molar-refractivity contribution in [3.63, 3.8) is 0 Å². The maximum Gasteiger partial charge on any atom is 0.294 e. The minimum Gasteiger partial charge on any atom is -0.359 e. The van der Waals surface area contributed by atoms with Crippen LogP contribution in [0.5, 0.6) is 0 Å².